The van der Waals surface area contributed by atoms with Crippen LogP contribution in [0.25, 0.3) is 222 Å². The Hall–Kier alpha value is -14.5. The maximum Gasteiger partial charge on any atom is 0.149 e. The van der Waals surface area contributed by atoms with Crippen LogP contribution >= 0.6 is 0 Å². The van der Waals surface area contributed by atoms with Gasteiger partial charge in [0.2, 0.25) is 0 Å². The average molecular weight is 1370 g/mol. The van der Waals surface area contributed by atoms with Crippen molar-refractivity contribution in [1.82, 2.24) is 28.7 Å². The second kappa shape index (κ2) is 24.6. The summed E-state index contributed by atoms with van der Waals surface area (Å²) >= 11 is 0. The number of rotatable bonds is 9. The Labute approximate surface area is 622 Å². The van der Waals surface area contributed by atoms with Crippen molar-refractivity contribution in [3.8, 4) is 145 Å². The van der Waals surface area contributed by atoms with Gasteiger partial charge in [-0.25, -0.2) is 19.9 Å². The maximum atomic E-state index is 5.23. The molecule has 2 aliphatic rings. The largest absolute Gasteiger partial charge is 0.276 e. The molecule has 0 atom stereocenters. The molecular formula is C102H62N6. The minimum absolute atomic E-state index is 0.883. The summed E-state index contributed by atoms with van der Waals surface area (Å²) in [5, 5.41) is 7.30. The Bertz CT molecular complexity index is 7220. The minimum atomic E-state index is 0.883. The molecule has 17 aromatic carbocycles. The highest BCUT2D eigenvalue weighted by molar-refractivity contribution is 6.24. The van der Waals surface area contributed by atoms with Crippen LogP contribution in [0, 0.1) is 0 Å². The van der Waals surface area contributed by atoms with E-state index in [1.807, 2.05) is 24.3 Å². The zero-order chi connectivity index (χ0) is 70.9. The molecule has 0 spiro atoms. The summed E-state index contributed by atoms with van der Waals surface area (Å²) in [6.07, 6.45) is 0. The van der Waals surface area contributed by atoms with E-state index in [1.165, 1.54) is 127 Å². The molecule has 108 heavy (non-hydrogen) atoms. The number of fused-ring (bicyclic) bond motifs is 16. The van der Waals surface area contributed by atoms with Gasteiger partial charge in [0, 0.05) is 21.9 Å². The minimum Gasteiger partial charge on any atom is -0.276 e. The van der Waals surface area contributed by atoms with E-state index in [1.54, 1.807) is 0 Å². The molecule has 2 aliphatic carbocycles. The fourth-order valence-electron chi connectivity index (χ4n) is 17.5. The number of imidazole rings is 2. The number of hydrogen-bond donors (Lipinski definition) is 0. The molecule has 0 saturated carbocycles. The third-order valence-electron chi connectivity index (χ3n) is 22.3. The van der Waals surface area contributed by atoms with Crippen molar-refractivity contribution in [2.75, 3.05) is 0 Å². The lowest BCUT2D eigenvalue weighted by molar-refractivity contribution is 1.16. The second-order valence-electron chi connectivity index (χ2n) is 28.2. The van der Waals surface area contributed by atoms with E-state index in [0.29, 0.717) is 0 Å². The molecule has 500 valence electrons. The van der Waals surface area contributed by atoms with E-state index in [4.69, 9.17) is 19.9 Å². The van der Waals surface area contributed by atoms with E-state index in [0.717, 1.165) is 94.6 Å². The Morgan fingerprint density at radius 1 is 0.176 bits per heavy atom. The molecule has 0 N–H and O–H groups in total. The zero-order valence-electron chi connectivity index (χ0n) is 58.5. The normalized spacial score (nSPS) is 11.9. The van der Waals surface area contributed by atoms with Crippen LogP contribution in [0.5, 0.6) is 0 Å². The summed E-state index contributed by atoms with van der Waals surface area (Å²) in [5.74, 6) is 1.77. The summed E-state index contributed by atoms with van der Waals surface area (Å²) in [4.78, 5) is 20.5. The first-order valence-electron chi connectivity index (χ1n) is 36.9. The first-order chi connectivity index (χ1) is 53.6. The van der Waals surface area contributed by atoms with Gasteiger partial charge in [0.25, 0.3) is 0 Å². The van der Waals surface area contributed by atoms with Crippen molar-refractivity contribution in [3.63, 3.8) is 0 Å². The maximum absolute atomic E-state index is 5.23. The van der Waals surface area contributed by atoms with Crippen LogP contribution in [0.2, 0.25) is 0 Å². The summed E-state index contributed by atoms with van der Waals surface area (Å²) in [5.41, 5.74) is 37.3. The van der Waals surface area contributed by atoms with E-state index in [-0.39, 0.29) is 0 Å². The van der Waals surface area contributed by atoms with Gasteiger partial charge in [-0.15, -0.1) is 0 Å². The van der Waals surface area contributed by atoms with Crippen LogP contribution in [0.15, 0.2) is 376 Å². The number of benzene rings is 17. The van der Waals surface area contributed by atoms with Gasteiger partial charge in [0.05, 0.1) is 33.1 Å². The highest BCUT2D eigenvalue weighted by Gasteiger charge is 2.33. The van der Waals surface area contributed by atoms with Crippen molar-refractivity contribution >= 4 is 76.7 Å². The van der Waals surface area contributed by atoms with Crippen LogP contribution in [-0.4, -0.2) is 28.7 Å². The Morgan fingerprint density at radius 3 is 0.843 bits per heavy atom. The van der Waals surface area contributed by atoms with Crippen molar-refractivity contribution in [3.05, 3.63) is 376 Å². The third-order valence-corrected chi connectivity index (χ3v) is 22.3. The molecule has 23 rings (SSSR count). The fourth-order valence-corrected chi connectivity index (χ4v) is 17.5. The monoisotopic (exact) mass is 1370 g/mol. The van der Waals surface area contributed by atoms with Crippen molar-refractivity contribution < 1.29 is 0 Å². The first kappa shape index (κ1) is 61.1. The molecule has 0 fully saturated rings. The van der Waals surface area contributed by atoms with Crippen molar-refractivity contribution in [1.29, 1.82) is 0 Å². The molecule has 0 unspecified atom stereocenters. The SMILES string of the molecule is c1ccc(-c2cc(-c3ccc(-c4ccc(-c5nc6ccccc6c6nc7ccccc7n56)cc4)cc3)c(-c3ccccc3)c3c2-c2cccc4cccc-3c24)cc1.c1ccc(-c2cc(-c3ccc(-c4nc5ccccc5c5nc6ccccc6n45)cc3)c(-c3ccccc3)c3c2-c2cccc4cccc-3c24)cc1. The van der Waals surface area contributed by atoms with Crippen LogP contribution in [0.4, 0.5) is 0 Å². The van der Waals surface area contributed by atoms with Crippen LogP contribution < -0.4 is 0 Å². The van der Waals surface area contributed by atoms with E-state index in [9.17, 15) is 0 Å². The molecule has 0 amide bonds. The van der Waals surface area contributed by atoms with Gasteiger partial charge < -0.3 is 0 Å². The lowest BCUT2D eigenvalue weighted by Gasteiger charge is -2.21. The Kier molecular flexibility index (Phi) is 13.9. The van der Waals surface area contributed by atoms with Crippen molar-refractivity contribution in [2.45, 2.75) is 0 Å². The molecule has 4 heterocycles. The highest BCUT2D eigenvalue weighted by atomic mass is 15.1. The molecule has 0 saturated heterocycles. The van der Waals surface area contributed by atoms with Gasteiger partial charge in [-0.2, -0.15) is 0 Å². The molecule has 0 aliphatic heterocycles. The van der Waals surface area contributed by atoms with Crippen molar-refractivity contribution in [2.24, 2.45) is 0 Å². The molecule has 4 aromatic heterocycles. The Balaban J connectivity index is 0.000000135. The summed E-state index contributed by atoms with van der Waals surface area (Å²) in [6.45, 7) is 0. The topological polar surface area (TPSA) is 60.4 Å². The number of nitrogens with zero attached hydrogens (tertiary/aromatic N) is 6. The van der Waals surface area contributed by atoms with Gasteiger partial charge in [0.15, 0.2) is 0 Å². The van der Waals surface area contributed by atoms with Crippen LogP contribution in [-0.2, 0) is 0 Å². The predicted molar refractivity (Wildman–Crippen MR) is 449 cm³/mol. The lowest BCUT2D eigenvalue weighted by Crippen LogP contribution is -1.98. The number of aromatic nitrogens is 6. The van der Waals surface area contributed by atoms with Gasteiger partial charge >= 0.3 is 0 Å². The van der Waals surface area contributed by atoms with Gasteiger partial charge in [-0.1, -0.05) is 315 Å². The second-order valence-corrected chi connectivity index (χ2v) is 28.2. The van der Waals surface area contributed by atoms with E-state index < -0.39 is 0 Å². The summed E-state index contributed by atoms with van der Waals surface area (Å²) < 4.78 is 4.41. The molecular weight excluding hydrogens is 1310 g/mol. The van der Waals surface area contributed by atoms with Crippen LogP contribution in [0.1, 0.15) is 0 Å². The van der Waals surface area contributed by atoms with E-state index in [2.05, 4.69) is 361 Å². The summed E-state index contributed by atoms with van der Waals surface area (Å²) in [6, 6.07) is 135. The van der Waals surface area contributed by atoms with E-state index >= 15 is 0 Å². The zero-order valence-corrected chi connectivity index (χ0v) is 58.5. The van der Waals surface area contributed by atoms with Gasteiger partial charge in [0.1, 0.15) is 22.9 Å². The number of para-hydroxylation sites is 6. The molecule has 0 radical (unpaired) electrons. The predicted octanol–water partition coefficient (Wildman–Crippen LogP) is 26.7. The smallest absolute Gasteiger partial charge is 0.149 e. The first-order valence-corrected chi connectivity index (χ1v) is 36.9. The average Bonchev–Trinajstić information content (AvgIpc) is 1.53. The lowest BCUT2D eigenvalue weighted by atomic mass is 9.82. The van der Waals surface area contributed by atoms with Crippen LogP contribution in [0.3, 0.4) is 0 Å². The summed E-state index contributed by atoms with van der Waals surface area (Å²) in [7, 11) is 0. The van der Waals surface area contributed by atoms with Gasteiger partial charge in [-0.05, 0) is 205 Å². The number of hydrogen-bond acceptors (Lipinski definition) is 4. The third kappa shape index (κ3) is 9.60. The van der Waals surface area contributed by atoms with Gasteiger partial charge in [-0.3, -0.25) is 8.80 Å². The quantitative estimate of drug-likeness (QED) is 0.144. The molecule has 6 nitrogen and oxygen atoms in total. The molecule has 6 heteroatoms. The molecule has 0 bridgehead atoms. The Morgan fingerprint density at radius 2 is 0.463 bits per heavy atom. The fraction of sp³-hybridized carbons (Fsp3) is 0. The standard InChI is InChI=1S/C54H33N3.C48H29N3/c1-3-13-36(14-4-1)45-33-44(50(39-15-5-2-6-16-39)52-43-21-12-18-38-17-11-20-42(49(38)43)51(45)52)37-29-25-34(26-30-37)35-27-31-40(32-28-35)53-55-46-22-8-7-19-41(46)54-56-47-23-9-10-24-48(47)57(53)54;1-3-13-30(14-4-1)39-29-38(44(33-15-5-2-6-16-33)46-37-21-12-18-32-17-11-20-36(43(32)37)45(39)46)31-25-27-34(28-26-31)47-49-40-22-8-7-19-35(40)48-50-41-23-9-10-24-42(41)51(47)48/h1-33H;1-29H. The highest BCUT2D eigenvalue weighted by Crippen LogP contribution is 2.59. The molecule has 21 aromatic rings.